The minimum atomic E-state index is 0.00445. The number of hydrogen-bond acceptors (Lipinski definition) is 6. The first-order valence-corrected chi connectivity index (χ1v) is 16.8. The number of aromatic nitrogens is 4. The van der Waals surface area contributed by atoms with Crippen LogP contribution in [0.15, 0.2) is 36.5 Å². The van der Waals surface area contributed by atoms with Crippen LogP contribution in [0.5, 0.6) is 5.75 Å². The lowest BCUT2D eigenvalue weighted by molar-refractivity contribution is -0.138. The molecule has 0 radical (unpaired) electrons. The van der Waals surface area contributed by atoms with E-state index in [1.54, 1.807) is 7.11 Å². The molecule has 5 fully saturated rings. The molecular formula is C35H41N7O3. The maximum atomic E-state index is 13.9. The second kappa shape index (κ2) is 10.3. The van der Waals surface area contributed by atoms with Gasteiger partial charge < -0.3 is 29.4 Å². The number of rotatable bonds is 9. The second-order valence-electron chi connectivity index (χ2n) is 14.3. The normalized spacial score (nSPS) is 24.6. The number of benzene rings is 1. The fraction of sp³-hybridized carbons (Fsp3) is 0.543. The number of hydrogen-bond donors (Lipinski definition) is 1. The summed E-state index contributed by atoms with van der Waals surface area (Å²) in [7, 11) is 1.67. The van der Waals surface area contributed by atoms with Gasteiger partial charge in [-0.3, -0.25) is 9.59 Å². The Morgan fingerprint density at radius 3 is 2.47 bits per heavy atom. The molecule has 3 atom stereocenters. The molecule has 10 heteroatoms. The van der Waals surface area contributed by atoms with Crippen LogP contribution in [-0.4, -0.2) is 79.5 Å². The highest BCUT2D eigenvalue weighted by atomic mass is 16.5. The monoisotopic (exact) mass is 607 g/mol. The summed E-state index contributed by atoms with van der Waals surface area (Å²) in [4.78, 5) is 40.7. The number of piperidine rings is 1. The largest absolute Gasteiger partial charge is 0.494 e. The number of nitrogens with two attached hydrogens (primary N) is 1. The second-order valence-corrected chi connectivity index (χ2v) is 14.3. The predicted molar refractivity (Wildman–Crippen MR) is 171 cm³/mol. The molecule has 9 rings (SSSR count). The van der Waals surface area contributed by atoms with Gasteiger partial charge in [0.2, 0.25) is 5.91 Å². The van der Waals surface area contributed by atoms with Crippen molar-refractivity contribution in [3.8, 4) is 17.3 Å². The summed E-state index contributed by atoms with van der Waals surface area (Å²) in [6, 6.07) is 10.3. The van der Waals surface area contributed by atoms with Crippen LogP contribution >= 0.6 is 0 Å². The van der Waals surface area contributed by atoms with Crippen molar-refractivity contribution in [3.05, 3.63) is 42.1 Å². The third-order valence-electron chi connectivity index (χ3n) is 11.1. The predicted octanol–water partition coefficient (Wildman–Crippen LogP) is 4.29. The van der Waals surface area contributed by atoms with Crippen LogP contribution in [0.25, 0.3) is 33.6 Å². The van der Waals surface area contributed by atoms with Crippen LogP contribution < -0.4 is 10.5 Å². The van der Waals surface area contributed by atoms with Gasteiger partial charge in [0.25, 0.3) is 5.91 Å². The van der Waals surface area contributed by atoms with Crippen LogP contribution in [0.4, 0.5) is 0 Å². The number of fused-ring (bicyclic) bond motifs is 4. The van der Waals surface area contributed by atoms with Crippen molar-refractivity contribution in [2.75, 3.05) is 26.7 Å². The summed E-state index contributed by atoms with van der Waals surface area (Å²) in [5, 5.41) is 1.09. The standard InChI is InChI=1S/C35H41N7O3/c1-45-29-14-25(35(44)41-19-24-8-9-27(41)31(24)36)12-26-32(29)42(18-22-15-39(16-22)30(43)11-20-4-5-20)34(38-26)28-13-23-3-2-10-37-33(23)40(28)17-21-6-7-21/h2-3,10,12-14,20-22,24,27,31H,4-9,11,15-19,36H2,1H3/t24?,27?,31-/m1/s1. The number of carbonyl (C=O) groups excluding carboxylic acids is 2. The number of pyridine rings is 1. The maximum Gasteiger partial charge on any atom is 0.254 e. The van der Waals surface area contributed by atoms with Crippen molar-refractivity contribution in [3.63, 3.8) is 0 Å². The molecule has 3 aromatic heterocycles. The number of likely N-dealkylation sites (tertiary alicyclic amines) is 2. The highest BCUT2D eigenvalue weighted by Gasteiger charge is 2.47. The molecule has 45 heavy (non-hydrogen) atoms. The van der Waals surface area contributed by atoms with Crippen molar-refractivity contribution in [1.29, 1.82) is 0 Å². The maximum absolute atomic E-state index is 13.9. The lowest BCUT2D eigenvalue weighted by atomic mass is 9.98. The molecule has 0 spiro atoms. The van der Waals surface area contributed by atoms with Gasteiger partial charge in [0.15, 0.2) is 5.82 Å². The zero-order chi connectivity index (χ0) is 30.4. The smallest absolute Gasteiger partial charge is 0.254 e. The Balaban J connectivity index is 1.13. The average molecular weight is 608 g/mol. The zero-order valence-corrected chi connectivity index (χ0v) is 25.9. The fourth-order valence-electron chi connectivity index (χ4n) is 8.19. The first kappa shape index (κ1) is 27.4. The van der Waals surface area contributed by atoms with Crippen molar-refractivity contribution < 1.29 is 14.3 Å². The molecule has 10 nitrogen and oxygen atoms in total. The summed E-state index contributed by atoms with van der Waals surface area (Å²) < 4.78 is 10.6. The number of ether oxygens (including phenoxy) is 1. The van der Waals surface area contributed by atoms with Gasteiger partial charge in [-0.05, 0) is 86.6 Å². The highest BCUT2D eigenvalue weighted by molar-refractivity contribution is 6.00. The molecule has 4 aromatic rings. The summed E-state index contributed by atoms with van der Waals surface area (Å²) >= 11 is 0. The summed E-state index contributed by atoms with van der Waals surface area (Å²) in [6.45, 7) is 3.86. The summed E-state index contributed by atoms with van der Waals surface area (Å²) in [5.74, 6) is 3.74. The van der Waals surface area contributed by atoms with Gasteiger partial charge in [-0.25, -0.2) is 9.97 Å². The van der Waals surface area contributed by atoms with Crippen molar-refractivity contribution in [2.24, 2.45) is 29.4 Å². The van der Waals surface area contributed by atoms with E-state index < -0.39 is 0 Å². The number of carbonyl (C=O) groups is 2. The van der Waals surface area contributed by atoms with Gasteiger partial charge in [-0.2, -0.15) is 0 Å². The van der Waals surface area contributed by atoms with E-state index in [9.17, 15) is 9.59 Å². The minimum absolute atomic E-state index is 0.00445. The molecule has 2 saturated heterocycles. The van der Waals surface area contributed by atoms with Gasteiger partial charge >= 0.3 is 0 Å². The zero-order valence-electron chi connectivity index (χ0n) is 25.9. The molecule has 2 N–H and O–H groups in total. The van der Waals surface area contributed by atoms with Gasteiger partial charge in [-0.15, -0.1) is 0 Å². The van der Waals surface area contributed by atoms with E-state index in [1.807, 2.05) is 34.2 Å². The Morgan fingerprint density at radius 1 is 0.956 bits per heavy atom. The van der Waals surface area contributed by atoms with Crippen LogP contribution in [0.1, 0.15) is 55.3 Å². The Morgan fingerprint density at radius 2 is 1.76 bits per heavy atom. The van der Waals surface area contributed by atoms with Crippen LogP contribution in [0.3, 0.4) is 0 Å². The molecule has 2 unspecified atom stereocenters. The Labute approximate surface area is 262 Å². The van der Waals surface area contributed by atoms with Gasteiger partial charge in [0.1, 0.15) is 16.9 Å². The summed E-state index contributed by atoms with van der Waals surface area (Å²) in [6.07, 6.45) is 9.46. The fourth-order valence-corrected chi connectivity index (χ4v) is 8.19. The number of methoxy groups -OCH3 is 1. The van der Waals surface area contributed by atoms with E-state index in [0.717, 1.165) is 72.6 Å². The highest BCUT2D eigenvalue weighted by Crippen LogP contribution is 2.41. The Bertz CT molecular complexity index is 1830. The van der Waals surface area contributed by atoms with E-state index in [2.05, 4.69) is 21.3 Å². The quantitative estimate of drug-likeness (QED) is 0.304. The summed E-state index contributed by atoms with van der Waals surface area (Å²) in [5.41, 5.74) is 10.7. The van der Waals surface area contributed by atoms with E-state index in [-0.39, 0.29) is 23.9 Å². The van der Waals surface area contributed by atoms with E-state index in [4.69, 9.17) is 20.4 Å². The van der Waals surface area contributed by atoms with Crippen LogP contribution in [0, 0.1) is 23.7 Å². The van der Waals surface area contributed by atoms with Crippen LogP contribution in [0.2, 0.25) is 0 Å². The lowest BCUT2D eigenvalue weighted by Crippen LogP contribution is -2.51. The van der Waals surface area contributed by atoms with E-state index >= 15 is 0 Å². The number of amides is 2. The average Bonchev–Trinajstić information content (AvgIpc) is 3.91. The molecular weight excluding hydrogens is 566 g/mol. The molecule has 2 amide bonds. The first-order valence-electron chi connectivity index (χ1n) is 16.8. The molecule has 5 heterocycles. The third-order valence-corrected chi connectivity index (χ3v) is 11.1. The van der Waals surface area contributed by atoms with Crippen LogP contribution in [-0.2, 0) is 17.9 Å². The molecule has 234 valence electrons. The molecule has 5 aliphatic rings. The Kier molecular flexibility index (Phi) is 6.27. The molecule has 1 aromatic carbocycles. The SMILES string of the molecule is COc1cc(C(=O)N2CC3CCC2[C@@H]3N)cc2nc(-c3cc4cccnc4n3CC3CC3)n(CC3CN(C(=O)CC4CC4)C3)c12. The third kappa shape index (κ3) is 4.63. The molecule has 3 saturated carbocycles. The lowest BCUT2D eigenvalue weighted by Gasteiger charge is -2.40. The van der Waals surface area contributed by atoms with Gasteiger partial charge in [-0.1, -0.05) is 0 Å². The Hall–Kier alpha value is -3.92. The minimum Gasteiger partial charge on any atom is -0.494 e. The number of imidazole rings is 1. The van der Waals surface area contributed by atoms with E-state index in [1.165, 1.54) is 25.7 Å². The first-order chi connectivity index (χ1) is 21.9. The topological polar surface area (TPSA) is 112 Å². The van der Waals surface area contributed by atoms with Crippen molar-refractivity contribution >= 4 is 33.9 Å². The van der Waals surface area contributed by atoms with Gasteiger partial charge in [0.05, 0.1) is 18.3 Å². The van der Waals surface area contributed by atoms with Crippen molar-refractivity contribution in [2.45, 2.75) is 70.1 Å². The molecule has 2 aliphatic heterocycles. The molecule has 3 aliphatic carbocycles. The van der Waals surface area contributed by atoms with Crippen molar-refractivity contribution in [1.82, 2.24) is 28.9 Å². The number of nitrogens with zero attached hydrogens (tertiary/aromatic N) is 6. The van der Waals surface area contributed by atoms with Gasteiger partial charge in [0, 0.05) is 74.3 Å². The molecule has 2 bridgehead atoms. The van der Waals surface area contributed by atoms with E-state index in [0.29, 0.717) is 48.0 Å².